The van der Waals surface area contributed by atoms with Crippen LogP contribution >= 0.6 is 0 Å². The maximum Gasteiger partial charge on any atom is 0.309 e. The molecule has 1 heterocycles. The summed E-state index contributed by atoms with van der Waals surface area (Å²) in [7, 11) is 0. The molecule has 120 valence electrons. The molecule has 0 radical (unpaired) electrons. The topological polar surface area (TPSA) is 55.8 Å². The largest absolute Gasteiger partial charge is 0.494 e. The van der Waals surface area contributed by atoms with E-state index < -0.39 is 0 Å². The third-order valence-corrected chi connectivity index (χ3v) is 3.81. The Morgan fingerprint density at radius 2 is 1.73 bits per heavy atom. The van der Waals surface area contributed by atoms with Crippen LogP contribution in [0.1, 0.15) is 37.0 Å². The van der Waals surface area contributed by atoms with Gasteiger partial charge in [0.15, 0.2) is 0 Å². The molecule has 22 heavy (non-hydrogen) atoms. The molecule has 0 aromatic heterocycles. The molecule has 0 saturated carbocycles. The molecule has 0 spiro atoms. The molecule has 0 atom stereocenters. The van der Waals surface area contributed by atoms with Gasteiger partial charge in [-0.2, -0.15) is 0 Å². The van der Waals surface area contributed by atoms with Gasteiger partial charge >= 0.3 is 5.97 Å². The van der Waals surface area contributed by atoms with Crippen molar-refractivity contribution >= 4 is 11.9 Å². The van der Waals surface area contributed by atoms with E-state index in [1.165, 1.54) is 0 Å². The molecule has 0 unspecified atom stereocenters. The standard InChI is InChI=1S/C17H23NO4/c1-3-21-15-7-5-13(6-8-15)16(19)18-11-9-14(10-12-18)17(20)22-4-2/h5-8,14H,3-4,9-12H2,1-2H3. The van der Waals surface area contributed by atoms with E-state index in [0.29, 0.717) is 44.7 Å². The van der Waals surface area contributed by atoms with Crippen LogP contribution in [0, 0.1) is 5.92 Å². The molecule has 1 fully saturated rings. The van der Waals surface area contributed by atoms with Gasteiger partial charge in [0, 0.05) is 18.7 Å². The summed E-state index contributed by atoms with van der Waals surface area (Å²) in [6.45, 7) is 5.93. The molecular formula is C17H23NO4. The molecule has 1 aromatic rings. The number of benzene rings is 1. The molecule has 0 aliphatic carbocycles. The normalized spacial score (nSPS) is 15.5. The second-order valence-corrected chi connectivity index (χ2v) is 5.28. The average molecular weight is 305 g/mol. The summed E-state index contributed by atoms with van der Waals surface area (Å²) in [6, 6.07) is 7.18. The van der Waals surface area contributed by atoms with E-state index in [-0.39, 0.29) is 17.8 Å². The Labute approximate surface area is 131 Å². The quantitative estimate of drug-likeness (QED) is 0.784. The second-order valence-electron chi connectivity index (χ2n) is 5.28. The molecule has 5 nitrogen and oxygen atoms in total. The first-order valence-corrected chi connectivity index (χ1v) is 7.84. The molecule has 1 amide bonds. The molecule has 1 aromatic carbocycles. The molecule has 2 rings (SSSR count). The van der Waals surface area contributed by atoms with E-state index in [1.54, 1.807) is 17.0 Å². The van der Waals surface area contributed by atoms with E-state index in [4.69, 9.17) is 9.47 Å². The van der Waals surface area contributed by atoms with Crippen molar-refractivity contribution in [3.8, 4) is 5.75 Å². The van der Waals surface area contributed by atoms with E-state index in [9.17, 15) is 9.59 Å². The molecule has 1 saturated heterocycles. The second kappa shape index (κ2) is 7.82. The van der Waals surface area contributed by atoms with Crippen molar-refractivity contribution in [1.82, 2.24) is 4.90 Å². The number of rotatable bonds is 5. The average Bonchev–Trinajstić information content (AvgIpc) is 2.55. The van der Waals surface area contributed by atoms with Crippen molar-refractivity contribution in [2.75, 3.05) is 26.3 Å². The number of carbonyl (C=O) groups is 2. The van der Waals surface area contributed by atoms with Gasteiger partial charge in [-0.05, 0) is 51.0 Å². The predicted octanol–water partition coefficient (Wildman–Crippen LogP) is 2.50. The molecule has 5 heteroatoms. The first kappa shape index (κ1) is 16.3. The predicted molar refractivity (Wildman–Crippen MR) is 82.9 cm³/mol. The van der Waals surface area contributed by atoms with Gasteiger partial charge < -0.3 is 14.4 Å². The first-order chi connectivity index (χ1) is 10.7. The van der Waals surface area contributed by atoms with E-state index in [1.807, 2.05) is 26.0 Å². The van der Waals surface area contributed by atoms with Gasteiger partial charge in [-0.1, -0.05) is 0 Å². The fraction of sp³-hybridized carbons (Fsp3) is 0.529. The minimum Gasteiger partial charge on any atom is -0.494 e. The lowest BCUT2D eigenvalue weighted by Crippen LogP contribution is -2.40. The molecule has 0 N–H and O–H groups in total. The Balaban J connectivity index is 1.90. The maximum absolute atomic E-state index is 12.4. The summed E-state index contributed by atoms with van der Waals surface area (Å²) in [6.07, 6.45) is 1.34. The van der Waals surface area contributed by atoms with Gasteiger partial charge in [0.1, 0.15) is 5.75 Å². The monoisotopic (exact) mass is 305 g/mol. The summed E-state index contributed by atoms with van der Waals surface area (Å²) in [4.78, 5) is 25.9. The Morgan fingerprint density at radius 1 is 1.09 bits per heavy atom. The molecular weight excluding hydrogens is 282 g/mol. The summed E-state index contributed by atoms with van der Waals surface area (Å²) >= 11 is 0. The highest BCUT2D eigenvalue weighted by Gasteiger charge is 2.28. The lowest BCUT2D eigenvalue weighted by Gasteiger charge is -2.31. The maximum atomic E-state index is 12.4. The molecule has 1 aliphatic rings. The lowest BCUT2D eigenvalue weighted by molar-refractivity contribution is -0.149. The Kier molecular flexibility index (Phi) is 5.81. The zero-order valence-corrected chi connectivity index (χ0v) is 13.2. The van der Waals surface area contributed by atoms with Gasteiger partial charge in [-0.25, -0.2) is 0 Å². The number of carbonyl (C=O) groups excluding carboxylic acids is 2. The number of amides is 1. The van der Waals surface area contributed by atoms with Crippen molar-refractivity contribution in [3.63, 3.8) is 0 Å². The van der Waals surface area contributed by atoms with Crippen LogP contribution in [0.15, 0.2) is 24.3 Å². The van der Waals surface area contributed by atoms with Crippen LogP contribution in [0.2, 0.25) is 0 Å². The van der Waals surface area contributed by atoms with Gasteiger partial charge in [0.25, 0.3) is 5.91 Å². The van der Waals surface area contributed by atoms with Crippen LogP contribution in [-0.4, -0.2) is 43.1 Å². The fourth-order valence-electron chi connectivity index (χ4n) is 2.62. The number of nitrogens with zero attached hydrogens (tertiary/aromatic N) is 1. The number of hydrogen-bond acceptors (Lipinski definition) is 4. The number of piperidine rings is 1. The number of hydrogen-bond donors (Lipinski definition) is 0. The molecule has 1 aliphatic heterocycles. The Morgan fingerprint density at radius 3 is 2.27 bits per heavy atom. The highest BCUT2D eigenvalue weighted by atomic mass is 16.5. The van der Waals surface area contributed by atoms with Crippen LogP contribution in [0.3, 0.4) is 0 Å². The Bertz CT molecular complexity index is 504. The van der Waals surface area contributed by atoms with Crippen molar-refractivity contribution in [1.29, 1.82) is 0 Å². The van der Waals surface area contributed by atoms with E-state index in [0.717, 1.165) is 5.75 Å². The highest BCUT2D eigenvalue weighted by Crippen LogP contribution is 2.21. The van der Waals surface area contributed by atoms with Gasteiger partial charge in [0.2, 0.25) is 0 Å². The zero-order valence-electron chi connectivity index (χ0n) is 13.2. The van der Waals surface area contributed by atoms with Crippen molar-refractivity contribution in [2.24, 2.45) is 5.92 Å². The summed E-state index contributed by atoms with van der Waals surface area (Å²) in [5.41, 5.74) is 0.651. The van der Waals surface area contributed by atoms with Crippen LogP contribution in [0.5, 0.6) is 5.75 Å². The minimum atomic E-state index is -0.143. The zero-order chi connectivity index (χ0) is 15.9. The number of ether oxygens (including phenoxy) is 2. The summed E-state index contributed by atoms with van der Waals surface area (Å²) in [5.74, 6) is 0.547. The van der Waals surface area contributed by atoms with Crippen LogP contribution < -0.4 is 4.74 Å². The third kappa shape index (κ3) is 4.00. The number of esters is 1. The molecule has 0 bridgehead atoms. The third-order valence-electron chi connectivity index (χ3n) is 3.81. The van der Waals surface area contributed by atoms with Crippen LogP contribution in [-0.2, 0) is 9.53 Å². The van der Waals surface area contributed by atoms with Gasteiger partial charge in [0.05, 0.1) is 19.1 Å². The van der Waals surface area contributed by atoms with Crippen molar-refractivity contribution < 1.29 is 19.1 Å². The number of likely N-dealkylation sites (tertiary alicyclic amines) is 1. The van der Waals surface area contributed by atoms with E-state index in [2.05, 4.69) is 0 Å². The van der Waals surface area contributed by atoms with Gasteiger partial charge in [-0.3, -0.25) is 9.59 Å². The highest BCUT2D eigenvalue weighted by molar-refractivity contribution is 5.94. The Hall–Kier alpha value is -2.04. The summed E-state index contributed by atoms with van der Waals surface area (Å²) < 4.78 is 10.4. The van der Waals surface area contributed by atoms with Crippen LogP contribution in [0.25, 0.3) is 0 Å². The van der Waals surface area contributed by atoms with Crippen LogP contribution in [0.4, 0.5) is 0 Å². The SMILES string of the molecule is CCOC(=O)C1CCN(C(=O)c2ccc(OCC)cc2)CC1. The van der Waals surface area contributed by atoms with Crippen molar-refractivity contribution in [2.45, 2.75) is 26.7 Å². The summed E-state index contributed by atoms with van der Waals surface area (Å²) in [5, 5.41) is 0. The minimum absolute atomic E-state index is 0.00496. The smallest absolute Gasteiger partial charge is 0.309 e. The lowest BCUT2D eigenvalue weighted by atomic mass is 9.96. The fourth-order valence-corrected chi connectivity index (χ4v) is 2.62. The first-order valence-electron chi connectivity index (χ1n) is 7.84. The van der Waals surface area contributed by atoms with E-state index >= 15 is 0 Å². The van der Waals surface area contributed by atoms with Gasteiger partial charge in [-0.15, -0.1) is 0 Å². The van der Waals surface area contributed by atoms with Crippen molar-refractivity contribution in [3.05, 3.63) is 29.8 Å².